The second-order valence-electron chi connectivity index (χ2n) is 6.43. The van der Waals surface area contributed by atoms with Gasteiger partial charge in [-0.2, -0.15) is 0 Å². The van der Waals surface area contributed by atoms with Gasteiger partial charge in [-0.3, -0.25) is 4.79 Å². The number of carbonyl (C=O) groups excluding carboxylic acids is 1. The van der Waals surface area contributed by atoms with Crippen LogP contribution in [-0.4, -0.2) is 29.0 Å². The summed E-state index contributed by atoms with van der Waals surface area (Å²) in [6, 6.07) is 11.5. The van der Waals surface area contributed by atoms with Gasteiger partial charge in [0.25, 0.3) is 0 Å². The van der Waals surface area contributed by atoms with Crippen LogP contribution in [0.5, 0.6) is 0 Å². The minimum atomic E-state index is 0.0536. The third kappa shape index (κ3) is 3.81. The zero-order chi connectivity index (χ0) is 17.9. The number of halogens is 1. The van der Waals surface area contributed by atoms with Crippen molar-refractivity contribution >= 4 is 44.3 Å². The number of piperidine rings is 1. The van der Waals surface area contributed by atoms with Crippen molar-refractivity contribution < 1.29 is 4.79 Å². The molecule has 0 atom stereocenters. The molecular weight excluding hydrogens is 368 g/mol. The second kappa shape index (κ2) is 7.60. The van der Waals surface area contributed by atoms with E-state index in [1.807, 2.05) is 36.4 Å². The van der Waals surface area contributed by atoms with E-state index in [2.05, 4.69) is 20.2 Å². The molecule has 1 aromatic carbocycles. The van der Waals surface area contributed by atoms with Crippen molar-refractivity contribution in [3.63, 3.8) is 0 Å². The first kappa shape index (κ1) is 17.2. The number of aromatic nitrogens is 2. The molecule has 1 aliphatic rings. The van der Waals surface area contributed by atoms with Crippen LogP contribution in [0.3, 0.4) is 0 Å². The van der Waals surface area contributed by atoms with E-state index >= 15 is 0 Å². The molecule has 5 nitrogen and oxygen atoms in total. The lowest BCUT2D eigenvalue weighted by atomic mass is 9.96. The summed E-state index contributed by atoms with van der Waals surface area (Å²) in [6.07, 6.45) is 3.47. The van der Waals surface area contributed by atoms with Crippen LogP contribution >= 0.6 is 22.9 Å². The van der Waals surface area contributed by atoms with Gasteiger partial charge in [-0.05, 0) is 42.7 Å². The first-order chi connectivity index (χ1) is 12.7. The number of benzene rings is 1. The van der Waals surface area contributed by atoms with E-state index in [1.54, 1.807) is 17.5 Å². The number of anilines is 1. The van der Waals surface area contributed by atoms with Crippen LogP contribution in [0.1, 0.15) is 18.4 Å². The number of carbonyl (C=O) groups is 1. The van der Waals surface area contributed by atoms with E-state index in [1.165, 1.54) is 0 Å². The summed E-state index contributed by atoms with van der Waals surface area (Å²) in [5, 5.41) is 4.72. The van der Waals surface area contributed by atoms with Gasteiger partial charge >= 0.3 is 0 Å². The van der Waals surface area contributed by atoms with Crippen LogP contribution in [0.4, 0.5) is 5.13 Å². The fourth-order valence-corrected chi connectivity index (χ4v) is 4.38. The molecule has 0 unspecified atom stereocenters. The molecule has 26 heavy (non-hydrogen) atoms. The topological polar surface area (TPSA) is 58.1 Å². The summed E-state index contributed by atoms with van der Waals surface area (Å²) < 4.78 is 0. The summed E-state index contributed by atoms with van der Waals surface area (Å²) in [5.41, 5.74) is 1.96. The molecular formula is C19H19ClN4OS. The highest BCUT2D eigenvalue weighted by Crippen LogP contribution is 2.30. The smallest absolute Gasteiger partial charge is 0.223 e. The normalized spacial score (nSPS) is 15.3. The Morgan fingerprint density at radius 2 is 2.12 bits per heavy atom. The molecule has 0 bridgehead atoms. The Bertz CT molecular complexity index is 888. The molecule has 1 saturated heterocycles. The van der Waals surface area contributed by atoms with Crippen molar-refractivity contribution in [1.29, 1.82) is 0 Å². The average Bonchev–Trinajstić information content (AvgIpc) is 3.10. The number of amides is 1. The molecule has 0 radical (unpaired) electrons. The minimum Gasteiger partial charge on any atom is -0.352 e. The summed E-state index contributed by atoms with van der Waals surface area (Å²) in [6.45, 7) is 2.20. The summed E-state index contributed by atoms with van der Waals surface area (Å²) in [5.74, 6) is 0.175. The molecule has 1 amide bonds. The van der Waals surface area contributed by atoms with Crippen molar-refractivity contribution in [1.82, 2.24) is 15.3 Å². The molecule has 3 heterocycles. The van der Waals surface area contributed by atoms with Gasteiger partial charge in [0.05, 0.1) is 0 Å². The fraction of sp³-hybridized carbons (Fsp3) is 0.316. The van der Waals surface area contributed by atoms with E-state index in [9.17, 15) is 4.79 Å². The standard InChI is InChI=1S/C19H19ClN4OS/c20-15-4-1-3-13(11-15)12-22-17(25)14-6-9-24(10-7-14)19-23-16-5-2-8-21-18(16)26-19/h1-5,8,11,14H,6-7,9-10,12H2,(H,22,25). The Morgan fingerprint density at radius 1 is 1.27 bits per heavy atom. The number of nitrogens with one attached hydrogen (secondary N) is 1. The van der Waals surface area contributed by atoms with Crippen LogP contribution < -0.4 is 10.2 Å². The molecule has 134 valence electrons. The zero-order valence-corrected chi connectivity index (χ0v) is 15.8. The van der Waals surface area contributed by atoms with E-state index in [0.29, 0.717) is 11.6 Å². The third-order valence-corrected chi connectivity index (χ3v) is 5.92. The van der Waals surface area contributed by atoms with Crippen LogP contribution in [0.2, 0.25) is 5.02 Å². The fourth-order valence-electron chi connectivity index (χ4n) is 3.21. The van der Waals surface area contributed by atoms with E-state index in [0.717, 1.165) is 47.0 Å². The third-order valence-electron chi connectivity index (χ3n) is 4.65. The first-order valence-corrected chi connectivity index (χ1v) is 9.87. The molecule has 4 rings (SSSR count). The molecule has 0 spiro atoms. The van der Waals surface area contributed by atoms with Crippen LogP contribution in [-0.2, 0) is 11.3 Å². The Kier molecular flexibility index (Phi) is 5.04. The Balaban J connectivity index is 1.32. The van der Waals surface area contributed by atoms with Gasteiger partial charge in [-0.25, -0.2) is 9.97 Å². The summed E-state index contributed by atoms with van der Waals surface area (Å²) >= 11 is 7.60. The van der Waals surface area contributed by atoms with Crippen LogP contribution in [0.15, 0.2) is 42.6 Å². The van der Waals surface area contributed by atoms with Gasteiger partial charge in [0.15, 0.2) is 5.13 Å². The highest BCUT2D eigenvalue weighted by molar-refractivity contribution is 7.21. The minimum absolute atomic E-state index is 0.0536. The molecule has 1 aliphatic heterocycles. The molecule has 2 aromatic heterocycles. The molecule has 0 saturated carbocycles. The van der Waals surface area contributed by atoms with E-state index < -0.39 is 0 Å². The quantitative estimate of drug-likeness (QED) is 0.739. The predicted molar refractivity (Wildman–Crippen MR) is 106 cm³/mol. The average molecular weight is 387 g/mol. The van der Waals surface area contributed by atoms with Gasteiger partial charge in [0.2, 0.25) is 5.91 Å². The molecule has 1 fully saturated rings. The van der Waals surface area contributed by atoms with Crippen LogP contribution in [0, 0.1) is 5.92 Å². The number of pyridine rings is 1. The predicted octanol–water partition coefficient (Wildman–Crippen LogP) is 3.88. The molecule has 0 aliphatic carbocycles. The highest BCUT2D eigenvalue weighted by atomic mass is 35.5. The number of nitrogens with zero attached hydrogens (tertiary/aromatic N) is 3. The van der Waals surface area contributed by atoms with Crippen molar-refractivity contribution in [3.05, 3.63) is 53.2 Å². The van der Waals surface area contributed by atoms with Crippen molar-refractivity contribution in [2.75, 3.05) is 18.0 Å². The molecule has 1 N–H and O–H groups in total. The van der Waals surface area contributed by atoms with Crippen LogP contribution in [0.25, 0.3) is 10.3 Å². The Hall–Kier alpha value is -2.18. The lowest BCUT2D eigenvalue weighted by Crippen LogP contribution is -2.40. The lowest BCUT2D eigenvalue weighted by Gasteiger charge is -2.31. The van der Waals surface area contributed by atoms with E-state index in [4.69, 9.17) is 11.6 Å². The number of fused-ring (bicyclic) bond motifs is 1. The van der Waals surface area contributed by atoms with Gasteiger partial charge < -0.3 is 10.2 Å². The number of hydrogen-bond donors (Lipinski definition) is 1. The number of thiazole rings is 1. The maximum absolute atomic E-state index is 12.5. The highest BCUT2D eigenvalue weighted by Gasteiger charge is 2.26. The van der Waals surface area contributed by atoms with Gasteiger partial charge in [-0.15, -0.1) is 0 Å². The van der Waals surface area contributed by atoms with E-state index in [-0.39, 0.29) is 11.8 Å². The largest absolute Gasteiger partial charge is 0.352 e. The molecule has 3 aromatic rings. The number of rotatable bonds is 4. The maximum Gasteiger partial charge on any atom is 0.223 e. The van der Waals surface area contributed by atoms with Crippen molar-refractivity contribution in [2.24, 2.45) is 5.92 Å². The maximum atomic E-state index is 12.5. The van der Waals surface area contributed by atoms with Crippen molar-refractivity contribution in [2.45, 2.75) is 19.4 Å². The zero-order valence-electron chi connectivity index (χ0n) is 14.2. The van der Waals surface area contributed by atoms with Crippen molar-refractivity contribution in [3.8, 4) is 0 Å². The van der Waals surface area contributed by atoms with Gasteiger partial charge in [0, 0.05) is 36.8 Å². The first-order valence-electron chi connectivity index (χ1n) is 8.68. The number of hydrogen-bond acceptors (Lipinski definition) is 5. The SMILES string of the molecule is O=C(NCc1cccc(Cl)c1)C1CCN(c2nc3cccnc3s2)CC1. The summed E-state index contributed by atoms with van der Waals surface area (Å²) in [7, 11) is 0. The Morgan fingerprint density at radius 3 is 2.88 bits per heavy atom. The monoisotopic (exact) mass is 386 g/mol. The Labute approximate surface area is 161 Å². The lowest BCUT2D eigenvalue weighted by molar-refractivity contribution is -0.125. The second-order valence-corrected chi connectivity index (χ2v) is 7.83. The van der Waals surface area contributed by atoms with Gasteiger partial charge in [-0.1, -0.05) is 35.1 Å². The molecule has 7 heteroatoms. The summed E-state index contributed by atoms with van der Waals surface area (Å²) in [4.78, 5) is 24.7. The van der Waals surface area contributed by atoms with Gasteiger partial charge in [0.1, 0.15) is 10.3 Å².